The molecule has 0 N–H and O–H groups in total. The average molecular weight is 194 g/mol. The van der Waals surface area contributed by atoms with Gasteiger partial charge in [-0.15, -0.1) is 18.4 Å². The van der Waals surface area contributed by atoms with E-state index in [9.17, 15) is 5.11 Å². The SMILES string of the molecule is C#CCCC([O-])CCc1ccccc1.[Li+]. The van der Waals surface area contributed by atoms with Crippen molar-refractivity contribution in [1.29, 1.82) is 0 Å². The van der Waals surface area contributed by atoms with E-state index >= 15 is 0 Å². The molecule has 0 heterocycles. The zero-order valence-electron chi connectivity index (χ0n) is 9.28. The Hall–Kier alpha value is -0.663. The molecule has 1 atom stereocenters. The third-order valence-corrected chi connectivity index (χ3v) is 2.21. The Bertz CT molecular complexity index is 289. The van der Waals surface area contributed by atoms with Gasteiger partial charge in [-0.05, 0) is 12.0 Å². The zero-order valence-corrected chi connectivity index (χ0v) is 9.28. The molecule has 0 aliphatic heterocycles. The summed E-state index contributed by atoms with van der Waals surface area (Å²) in [5.74, 6) is 2.50. The molecule has 1 aromatic rings. The molecule has 0 spiro atoms. The van der Waals surface area contributed by atoms with Crippen molar-refractivity contribution in [2.75, 3.05) is 0 Å². The summed E-state index contributed by atoms with van der Waals surface area (Å²) in [6.07, 6.45) is 7.33. The molecule has 0 aliphatic carbocycles. The summed E-state index contributed by atoms with van der Waals surface area (Å²) in [4.78, 5) is 0. The molecule has 1 nitrogen and oxygen atoms in total. The summed E-state index contributed by atoms with van der Waals surface area (Å²) < 4.78 is 0. The van der Waals surface area contributed by atoms with E-state index in [1.165, 1.54) is 5.56 Å². The van der Waals surface area contributed by atoms with Gasteiger partial charge in [0.15, 0.2) is 0 Å². The van der Waals surface area contributed by atoms with Crippen LogP contribution in [0, 0.1) is 12.3 Å². The van der Waals surface area contributed by atoms with E-state index in [0.717, 1.165) is 6.42 Å². The summed E-state index contributed by atoms with van der Waals surface area (Å²) in [7, 11) is 0. The van der Waals surface area contributed by atoms with Gasteiger partial charge in [0.05, 0.1) is 0 Å². The maximum Gasteiger partial charge on any atom is 1.00 e. The van der Waals surface area contributed by atoms with Crippen LogP contribution < -0.4 is 24.0 Å². The van der Waals surface area contributed by atoms with Gasteiger partial charge in [-0.1, -0.05) is 43.2 Å². The van der Waals surface area contributed by atoms with Gasteiger partial charge in [0.25, 0.3) is 0 Å². The molecule has 1 aromatic carbocycles. The van der Waals surface area contributed by atoms with Gasteiger partial charge in [0.1, 0.15) is 0 Å². The van der Waals surface area contributed by atoms with Crippen molar-refractivity contribution in [3.05, 3.63) is 35.9 Å². The Morgan fingerprint density at radius 1 is 1.20 bits per heavy atom. The second-order valence-corrected chi connectivity index (χ2v) is 3.39. The minimum Gasteiger partial charge on any atom is -0.852 e. The van der Waals surface area contributed by atoms with Gasteiger partial charge in [0.2, 0.25) is 0 Å². The maximum atomic E-state index is 11.4. The molecule has 0 saturated carbocycles. The standard InChI is InChI=1S/C13H15O.Li/c1-2-3-9-13(14)11-10-12-7-5-4-6-8-12;/h1,4-8,13H,3,9-11H2;/q-1;+1. The molecule has 74 valence electrons. The van der Waals surface area contributed by atoms with E-state index in [1.54, 1.807) is 0 Å². The molecular formula is C13H15LiO. The van der Waals surface area contributed by atoms with E-state index in [1.807, 2.05) is 30.3 Å². The second kappa shape index (κ2) is 8.63. The summed E-state index contributed by atoms with van der Waals surface area (Å²) in [6.45, 7) is 0. The first kappa shape index (κ1) is 14.3. The largest absolute Gasteiger partial charge is 1.00 e. The van der Waals surface area contributed by atoms with Gasteiger partial charge in [-0.3, -0.25) is 0 Å². The predicted molar refractivity (Wildman–Crippen MR) is 56.6 cm³/mol. The molecule has 0 aromatic heterocycles. The van der Waals surface area contributed by atoms with Crippen molar-refractivity contribution < 1.29 is 24.0 Å². The van der Waals surface area contributed by atoms with E-state index in [-0.39, 0.29) is 18.9 Å². The number of benzene rings is 1. The van der Waals surface area contributed by atoms with Gasteiger partial charge in [0, 0.05) is 6.42 Å². The molecule has 0 fully saturated rings. The molecule has 15 heavy (non-hydrogen) atoms. The van der Waals surface area contributed by atoms with Crippen molar-refractivity contribution >= 4 is 0 Å². The van der Waals surface area contributed by atoms with Crippen LogP contribution in [-0.4, -0.2) is 6.10 Å². The summed E-state index contributed by atoms with van der Waals surface area (Å²) in [5.41, 5.74) is 1.23. The molecule has 2 heteroatoms. The zero-order chi connectivity index (χ0) is 10.2. The Morgan fingerprint density at radius 3 is 2.47 bits per heavy atom. The fraction of sp³-hybridized carbons (Fsp3) is 0.385. The minimum absolute atomic E-state index is 0. The fourth-order valence-electron chi connectivity index (χ4n) is 1.36. The predicted octanol–water partition coefficient (Wildman–Crippen LogP) is -1.23. The van der Waals surface area contributed by atoms with Crippen LogP contribution >= 0.6 is 0 Å². The third-order valence-electron chi connectivity index (χ3n) is 2.21. The van der Waals surface area contributed by atoms with Gasteiger partial charge >= 0.3 is 18.9 Å². The number of rotatable bonds is 5. The van der Waals surface area contributed by atoms with Crippen LogP contribution in [-0.2, 0) is 6.42 Å². The maximum absolute atomic E-state index is 11.4. The first-order valence-electron chi connectivity index (χ1n) is 4.96. The molecule has 1 unspecified atom stereocenters. The van der Waals surface area contributed by atoms with E-state index in [4.69, 9.17) is 6.42 Å². The summed E-state index contributed by atoms with van der Waals surface area (Å²) in [5, 5.41) is 11.4. The van der Waals surface area contributed by atoms with Crippen LogP contribution in [0.4, 0.5) is 0 Å². The minimum atomic E-state index is -0.508. The van der Waals surface area contributed by atoms with Crippen LogP contribution in [0.15, 0.2) is 30.3 Å². The summed E-state index contributed by atoms with van der Waals surface area (Å²) >= 11 is 0. The molecule has 0 saturated heterocycles. The third kappa shape index (κ3) is 6.42. The molecule has 0 aliphatic rings. The van der Waals surface area contributed by atoms with Crippen LogP contribution in [0.2, 0.25) is 0 Å². The molecular weight excluding hydrogens is 179 g/mol. The van der Waals surface area contributed by atoms with Crippen LogP contribution in [0.1, 0.15) is 24.8 Å². The molecule has 0 bridgehead atoms. The molecule has 0 amide bonds. The van der Waals surface area contributed by atoms with E-state index < -0.39 is 6.10 Å². The number of aryl methyl sites for hydroxylation is 1. The Morgan fingerprint density at radius 2 is 1.87 bits per heavy atom. The first-order chi connectivity index (χ1) is 6.83. The van der Waals surface area contributed by atoms with Crippen molar-refractivity contribution in [3.63, 3.8) is 0 Å². The van der Waals surface area contributed by atoms with E-state index in [2.05, 4.69) is 5.92 Å². The first-order valence-corrected chi connectivity index (χ1v) is 4.96. The Labute approximate surface area is 104 Å². The van der Waals surface area contributed by atoms with Crippen molar-refractivity contribution in [1.82, 2.24) is 0 Å². The van der Waals surface area contributed by atoms with E-state index in [0.29, 0.717) is 19.3 Å². The van der Waals surface area contributed by atoms with Crippen LogP contribution in [0.5, 0.6) is 0 Å². The molecule has 0 radical (unpaired) electrons. The van der Waals surface area contributed by atoms with Crippen LogP contribution in [0.3, 0.4) is 0 Å². The normalized spacial score (nSPS) is 11.2. The Balaban J connectivity index is 0.00000196. The van der Waals surface area contributed by atoms with Crippen molar-refractivity contribution in [2.45, 2.75) is 31.8 Å². The van der Waals surface area contributed by atoms with Crippen LogP contribution in [0.25, 0.3) is 0 Å². The quantitative estimate of drug-likeness (QED) is 0.425. The average Bonchev–Trinajstić information content (AvgIpc) is 2.25. The second-order valence-electron chi connectivity index (χ2n) is 3.39. The summed E-state index contributed by atoms with van der Waals surface area (Å²) in [6, 6.07) is 10.1. The number of terminal acetylenes is 1. The Kier molecular flexibility index (Phi) is 8.25. The number of hydrogen-bond acceptors (Lipinski definition) is 1. The molecule has 1 rings (SSSR count). The van der Waals surface area contributed by atoms with Crippen molar-refractivity contribution in [3.8, 4) is 12.3 Å². The fourth-order valence-corrected chi connectivity index (χ4v) is 1.36. The van der Waals surface area contributed by atoms with Gasteiger partial charge < -0.3 is 5.11 Å². The van der Waals surface area contributed by atoms with Crippen molar-refractivity contribution in [2.24, 2.45) is 0 Å². The van der Waals surface area contributed by atoms with Gasteiger partial charge in [-0.2, -0.15) is 0 Å². The van der Waals surface area contributed by atoms with Gasteiger partial charge in [-0.25, -0.2) is 0 Å². The monoisotopic (exact) mass is 194 g/mol. The smallest absolute Gasteiger partial charge is 0.852 e. The number of hydrogen-bond donors (Lipinski definition) is 0. The topological polar surface area (TPSA) is 23.1 Å².